The van der Waals surface area contributed by atoms with Gasteiger partial charge in [-0.3, -0.25) is 4.90 Å². The van der Waals surface area contributed by atoms with Gasteiger partial charge in [0.15, 0.2) is 0 Å². The molecule has 2 saturated heterocycles. The van der Waals surface area contributed by atoms with Gasteiger partial charge in [0.2, 0.25) is 0 Å². The van der Waals surface area contributed by atoms with E-state index >= 15 is 0 Å². The van der Waals surface area contributed by atoms with Crippen LogP contribution in [0, 0.1) is 0 Å². The Morgan fingerprint density at radius 1 is 0.739 bits per heavy atom. The lowest BCUT2D eigenvalue weighted by molar-refractivity contribution is 0.0355. The summed E-state index contributed by atoms with van der Waals surface area (Å²) in [5.74, 6) is 0. The molecule has 2 heterocycles. The van der Waals surface area contributed by atoms with Crippen molar-refractivity contribution in [2.45, 2.75) is 90.5 Å². The third-order valence-corrected chi connectivity index (χ3v) is 4.37. The molecule has 0 unspecified atom stereocenters. The maximum absolute atomic E-state index is 9.27. The van der Waals surface area contributed by atoms with Gasteiger partial charge >= 0.3 is 0 Å². The molecule has 5 nitrogen and oxygen atoms in total. The molecule has 2 rings (SSSR count). The average molecular weight is 330 g/mol. The summed E-state index contributed by atoms with van der Waals surface area (Å²) in [5, 5.41) is 20.7. The van der Waals surface area contributed by atoms with Gasteiger partial charge in [0.05, 0.1) is 12.2 Å². The monoisotopic (exact) mass is 329 g/mol. The zero-order chi connectivity index (χ0) is 17.7. The molecule has 0 bridgehead atoms. The molecule has 0 aromatic heterocycles. The summed E-state index contributed by atoms with van der Waals surface area (Å²) in [5.41, 5.74) is 3.82. The standard InChI is InChI=1S/C9H20N2O.C9H19NO/c1-9(2,3)10-11-6-4-8(12)5-7-11;1-9(2,3)10-6-4-8(11)5-7-10/h8,10,12H,4-7H2,1-3H3;8,11H,4-7H2,1-3H3. The molecule has 2 aliphatic heterocycles. The second-order valence-electron chi connectivity index (χ2n) is 8.97. The molecule has 23 heavy (non-hydrogen) atoms. The quantitative estimate of drug-likeness (QED) is 0.687. The fraction of sp³-hybridized carbons (Fsp3) is 1.00. The highest BCUT2D eigenvalue weighted by molar-refractivity contribution is 4.81. The van der Waals surface area contributed by atoms with Crippen molar-refractivity contribution in [1.29, 1.82) is 0 Å². The minimum absolute atomic E-state index is 0.0476. The zero-order valence-electron chi connectivity index (χ0n) is 16.1. The van der Waals surface area contributed by atoms with Crippen molar-refractivity contribution in [3.8, 4) is 0 Å². The zero-order valence-corrected chi connectivity index (χ0v) is 16.1. The number of piperidine rings is 2. The van der Waals surface area contributed by atoms with Gasteiger partial charge in [0, 0.05) is 37.3 Å². The summed E-state index contributed by atoms with van der Waals surface area (Å²) in [6.45, 7) is 17.1. The van der Waals surface area contributed by atoms with Crippen LogP contribution in [0.15, 0.2) is 0 Å². The second kappa shape index (κ2) is 8.77. The fourth-order valence-corrected chi connectivity index (χ4v) is 2.99. The molecule has 0 atom stereocenters. The van der Waals surface area contributed by atoms with Gasteiger partial charge in [-0.25, -0.2) is 10.4 Å². The molecule has 2 fully saturated rings. The van der Waals surface area contributed by atoms with Crippen LogP contribution in [0.1, 0.15) is 67.2 Å². The molecular weight excluding hydrogens is 290 g/mol. The molecular formula is C18H39N3O2. The van der Waals surface area contributed by atoms with Crippen molar-refractivity contribution in [3.63, 3.8) is 0 Å². The number of nitrogens with one attached hydrogen (secondary N) is 1. The summed E-state index contributed by atoms with van der Waals surface area (Å²) in [4.78, 5) is 2.43. The van der Waals surface area contributed by atoms with Crippen LogP contribution in [-0.2, 0) is 0 Å². The van der Waals surface area contributed by atoms with Crippen LogP contribution in [0.25, 0.3) is 0 Å². The maximum atomic E-state index is 9.27. The molecule has 2 aliphatic rings. The maximum Gasteiger partial charge on any atom is 0.0565 e. The van der Waals surface area contributed by atoms with E-state index in [9.17, 15) is 10.2 Å². The fourth-order valence-electron chi connectivity index (χ4n) is 2.99. The van der Waals surface area contributed by atoms with Crippen molar-refractivity contribution in [2.24, 2.45) is 0 Å². The first kappa shape index (κ1) is 20.8. The molecule has 0 amide bonds. The van der Waals surface area contributed by atoms with E-state index in [4.69, 9.17) is 0 Å². The number of hydrogen-bond donors (Lipinski definition) is 3. The van der Waals surface area contributed by atoms with Crippen molar-refractivity contribution >= 4 is 0 Å². The summed E-state index contributed by atoms with van der Waals surface area (Å²) < 4.78 is 0. The van der Waals surface area contributed by atoms with Crippen LogP contribution in [0.4, 0.5) is 0 Å². The number of likely N-dealkylation sites (tertiary alicyclic amines) is 1. The first-order valence-corrected chi connectivity index (χ1v) is 9.11. The molecule has 0 radical (unpaired) electrons. The van der Waals surface area contributed by atoms with E-state index in [2.05, 4.69) is 56.9 Å². The smallest absolute Gasteiger partial charge is 0.0565 e. The highest BCUT2D eigenvalue weighted by Gasteiger charge is 2.25. The van der Waals surface area contributed by atoms with E-state index < -0.39 is 0 Å². The van der Waals surface area contributed by atoms with Gasteiger partial charge in [-0.05, 0) is 67.2 Å². The van der Waals surface area contributed by atoms with Crippen LogP contribution in [0.2, 0.25) is 0 Å². The Hall–Kier alpha value is -0.200. The normalized spacial score (nSPS) is 23.5. The van der Waals surface area contributed by atoms with Gasteiger partial charge in [0.25, 0.3) is 0 Å². The predicted octanol–water partition coefficient (Wildman–Crippen LogP) is 1.99. The number of rotatable bonds is 1. The summed E-state index contributed by atoms with van der Waals surface area (Å²) >= 11 is 0. The second-order valence-corrected chi connectivity index (χ2v) is 8.97. The van der Waals surface area contributed by atoms with Crippen LogP contribution in [0.5, 0.6) is 0 Å². The van der Waals surface area contributed by atoms with Gasteiger partial charge < -0.3 is 10.2 Å². The molecule has 3 N–H and O–H groups in total. The van der Waals surface area contributed by atoms with Crippen molar-refractivity contribution < 1.29 is 10.2 Å². The van der Waals surface area contributed by atoms with Crippen molar-refractivity contribution in [3.05, 3.63) is 0 Å². The molecule has 5 heteroatoms. The molecule has 0 saturated carbocycles. The highest BCUT2D eigenvalue weighted by Crippen LogP contribution is 2.19. The number of hydrogen-bond acceptors (Lipinski definition) is 5. The van der Waals surface area contributed by atoms with Gasteiger partial charge in [-0.1, -0.05) is 0 Å². The number of aliphatic hydroxyl groups is 2. The molecule has 0 aromatic carbocycles. The van der Waals surface area contributed by atoms with Crippen molar-refractivity contribution in [1.82, 2.24) is 15.3 Å². The van der Waals surface area contributed by atoms with E-state index in [1.807, 2.05) is 0 Å². The van der Waals surface area contributed by atoms with Gasteiger partial charge in [-0.2, -0.15) is 0 Å². The minimum Gasteiger partial charge on any atom is -0.393 e. The van der Waals surface area contributed by atoms with Crippen LogP contribution in [0.3, 0.4) is 0 Å². The largest absolute Gasteiger partial charge is 0.393 e. The Bertz CT molecular complexity index is 320. The molecule has 0 aromatic rings. The number of hydrazine groups is 1. The average Bonchev–Trinajstić information content (AvgIpc) is 2.40. The van der Waals surface area contributed by atoms with Crippen LogP contribution < -0.4 is 5.43 Å². The first-order valence-electron chi connectivity index (χ1n) is 9.11. The third-order valence-electron chi connectivity index (χ3n) is 4.37. The topological polar surface area (TPSA) is 59.0 Å². The molecule has 0 aliphatic carbocycles. The first-order chi connectivity index (χ1) is 10.5. The Morgan fingerprint density at radius 2 is 1.13 bits per heavy atom. The number of aliphatic hydroxyl groups excluding tert-OH is 2. The lowest BCUT2D eigenvalue weighted by atomic mass is 10.00. The lowest BCUT2D eigenvalue weighted by Gasteiger charge is -2.39. The van der Waals surface area contributed by atoms with Gasteiger partial charge in [-0.15, -0.1) is 0 Å². The SMILES string of the molecule is CC(C)(C)N1CCC(O)CC1.CC(C)(C)NN1CCC(O)CC1. The van der Waals surface area contributed by atoms with Crippen LogP contribution >= 0.6 is 0 Å². The van der Waals surface area contributed by atoms with Gasteiger partial charge in [0.1, 0.15) is 0 Å². The minimum atomic E-state index is -0.0805. The molecule has 138 valence electrons. The summed E-state index contributed by atoms with van der Waals surface area (Å²) in [6, 6.07) is 0. The van der Waals surface area contributed by atoms with E-state index in [0.29, 0.717) is 0 Å². The Labute approximate surface area is 143 Å². The summed E-state index contributed by atoms with van der Waals surface area (Å²) in [6.07, 6.45) is 3.54. The molecule has 0 spiro atoms. The summed E-state index contributed by atoms with van der Waals surface area (Å²) in [7, 11) is 0. The Morgan fingerprint density at radius 3 is 1.48 bits per heavy atom. The Kier molecular flexibility index (Phi) is 7.94. The van der Waals surface area contributed by atoms with E-state index in [0.717, 1.165) is 51.9 Å². The predicted molar refractivity (Wildman–Crippen MR) is 96.3 cm³/mol. The van der Waals surface area contributed by atoms with E-state index in [-0.39, 0.29) is 23.3 Å². The Balaban J connectivity index is 0.000000231. The van der Waals surface area contributed by atoms with E-state index in [1.165, 1.54) is 0 Å². The third kappa shape index (κ3) is 9.01. The lowest BCUT2D eigenvalue weighted by Crippen LogP contribution is -2.52. The van der Waals surface area contributed by atoms with Crippen LogP contribution in [-0.4, -0.2) is 69.6 Å². The highest BCUT2D eigenvalue weighted by atomic mass is 16.3. The van der Waals surface area contributed by atoms with Crippen molar-refractivity contribution in [2.75, 3.05) is 26.2 Å². The number of nitrogens with zero attached hydrogens (tertiary/aromatic N) is 2. The van der Waals surface area contributed by atoms with E-state index in [1.54, 1.807) is 0 Å².